The van der Waals surface area contributed by atoms with Crippen molar-refractivity contribution in [3.63, 3.8) is 0 Å². The highest BCUT2D eigenvalue weighted by Crippen LogP contribution is 2.30. The van der Waals surface area contributed by atoms with Crippen molar-refractivity contribution in [2.24, 2.45) is 0 Å². The lowest BCUT2D eigenvalue weighted by atomic mass is 10.0. The molecule has 2 rings (SSSR count). The maximum atomic E-state index is 5.29. The number of aromatic nitrogens is 1. The molecule has 0 aliphatic carbocycles. The van der Waals surface area contributed by atoms with Gasteiger partial charge < -0.3 is 15.0 Å². The molecule has 1 aromatic heterocycles. The largest absolute Gasteiger partial charge is 0.497 e. The molecule has 17 heavy (non-hydrogen) atoms. The Morgan fingerprint density at radius 3 is 2.71 bits per heavy atom. The van der Waals surface area contributed by atoms with Crippen LogP contribution >= 0.6 is 0 Å². The first-order valence-corrected chi connectivity index (χ1v) is 6.00. The lowest BCUT2D eigenvalue weighted by Gasteiger charge is -2.07. The molecule has 0 spiro atoms. The summed E-state index contributed by atoms with van der Waals surface area (Å²) in [7, 11) is 3.68. The minimum atomic E-state index is 0.497. The summed E-state index contributed by atoms with van der Waals surface area (Å²) in [5, 5.41) is 4.49. The quantitative estimate of drug-likeness (QED) is 0.850. The van der Waals surface area contributed by atoms with Crippen molar-refractivity contribution in [1.29, 1.82) is 0 Å². The summed E-state index contributed by atoms with van der Waals surface area (Å²) in [4.78, 5) is 3.50. The molecule has 1 heterocycles. The van der Waals surface area contributed by atoms with E-state index in [1.165, 1.54) is 22.2 Å². The SMILES string of the molecule is CNCc1c(C(C)C)[nH]c2ccc(OC)cc12. The summed E-state index contributed by atoms with van der Waals surface area (Å²) in [6.45, 7) is 5.29. The number of H-pyrrole nitrogens is 1. The van der Waals surface area contributed by atoms with Crippen LogP contribution < -0.4 is 10.1 Å². The Bertz CT molecular complexity index is 514. The van der Waals surface area contributed by atoms with Gasteiger partial charge in [-0.25, -0.2) is 0 Å². The maximum absolute atomic E-state index is 5.29. The number of methoxy groups -OCH3 is 1. The second-order valence-corrected chi connectivity index (χ2v) is 4.61. The normalized spacial score (nSPS) is 11.4. The van der Waals surface area contributed by atoms with E-state index in [-0.39, 0.29) is 0 Å². The van der Waals surface area contributed by atoms with Crippen molar-refractivity contribution in [2.75, 3.05) is 14.2 Å². The minimum absolute atomic E-state index is 0.497. The van der Waals surface area contributed by atoms with Crippen LogP contribution in [-0.2, 0) is 6.54 Å². The van der Waals surface area contributed by atoms with Crippen LogP contribution in [0, 0.1) is 0 Å². The Kier molecular flexibility index (Phi) is 3.38. The highest BCUT2D eigenvalue weighted by atomic mass is 16.5. The molecule has 0 fully saturated rings. The average Bonchev–Trinajstić information content (AvgIpc) is 2.68. The van der Waals surface area contributed by atoms with E-state index in [0.29, 0.717) is 5.92 Å². The van der Waals surface area contributed by atoms with E-state index >= 15 is 0 Å². The number of rotatable bonds is 4. The lowest BCUT2D eigenvalue weighted by Crippen LogP contribution is -2.07. The number of benzene rings is 1. The van der Waals surface area contributed by atoms with Gasteiger partial charge >= 0.3 is 0 Å². The minimum Gasteiger partial charge on any atom is -0.497 e. The number of fused-ring (bicyclic) bond motifs is 1. The Hall–Kier alpha value is -1.48. The van der Waals surface area contributed by atoms with E-state index in [2.05, 4.69) is 36.3 Å². The van der Waals surface area contributed by atoms with Crippen LogP contribution in [0.3, 0.4) is 0 Å². The number of ether oxygens (including phenoxy) is 1. The van der Waals surface area contributed by atoms with E-state index in [9.17, 15) is 0 Å². The van der Waals surface area contributed by atoms with Crippen molar-refractivity contribution in [3.05, 3.63) is 29.5 Å². The molecule has 0 unspecified atom stereocenters. The second kappa shape index (κ2) is 4.80. The molecular weight excluding hydrogens is 212 g/mol. The van der Waals surface area contributed by atoms with Crippen LogP contribution in [0.25, 0.3) is 10.9 Å². The van der Waals surface area contributed by atoms with E-state index in [1.807, 2.05) is 13.1 Å². The summed E-state index contributed by atoms with van der Waals surface area (Å²) >= 11 is 0. The summed E-state index contributed by atoms with van der Waals surface area (Å²) in [6, 6.07) is 6.18. The van der Waals surface area contributed by atoms with Gasteiger partial charge in [-0.2, -0.15) is 0 Å². The highest BCUT2D eigenvalue weighted by molar-refractivity contribution is 5.86. The zero-order valence-electron chi connectivity index (χ0n) is 10.9. The molecule has 0 amide bonds. The monoisotopic (exact) mass is 232 g/mol. The van der Waals surface area contributed by atoms with Gasteiger partial charge in [-0.3, -0.25) is 0 Å². The van der Waals surface area contributed by atoms with Crippen LogP contribution in [0.4, 0.5) is 0 Å². The zero-order chi connectivity index (χ0) is 12.4. The number of hydrogen-bond donors (Lipinski definition) is 2. The summed E-state index contributed by atoms with van der Waals surface area (Å²) in [6.07, 6.45) is 0. The molecule has 0 saturated heterocycles. The van der Waals surface area contributed by atoms with Gasteiger partial charge in [-0.15, -0.1) is 0 Å². The fraction of sp³-hybridized carbons (Fsp3) is 0.429. The van der Waals surface area contributed by atoms with Crippen LogP contribution in [0.2, 0.25) is 0 Å². The van der Waals surface area contributed by atoms with Gasteiger partial charge in [0.2, 0.25) is 0 Å². The van der Waals surface area contributed by atoms with Crippen molar-refractivity contribution in [2.45, 2.75) is 26.3 Å². The standard InChI is InChI=1S/C14H20N2O/c1-9(2)14-12(8-15-3)11-7-10(17-4)5-6-13(11)16-14/h5-7,9,15-16H,8H2,1-4H3. The predicted octanol–water partition coefficient (Wildman–Crippen LogP) is 3.02. The highest BCUT2D eigenvalue weighted by Gasteiger charge is 2.13. The zero-order valence-corrected chi connectivity index (χ0v) is 10.9. The Morgan fingerprint density at radius 1 is 1.35 bits per heavy atom. The second-order valence-electron chi connectivity index (χ2n) is 4.61. The Labute approximate surface area is 102 Å². The Balaban J connectivity index is 2.63. The van der Waals surface area contributed by atoms with Crippen molar-refractivity contribution in [1.82, 2.24) is 10.3 Å². The number of hydrogen-bond acceptors (Lipinski definition) is 2. The fourth-order valence-corrected chi connectivity index (χ4v) is 2.23. The molecule has 0 radical (unpaired) electrons. The van der Waals surface area contributed by atoms with Gasteiger partial charge in [0.1, 0.15) is 5.75 Å². The first-order chi connectivity index (χ1) is 8.17. The van der Waals surface area contributed by atoms with Crippen molar-refractivity contribution >= 4 is 10.9 Å². The molecule has 0 saturated carbocycles. The van der Waals surface area contributed by atoms with Gasteiger partial charge in [-0.05, 0) is 36.7 Å². The summed E-state index contributed by atoms with van der Waals surface area (Å²) in [5.74, 6) is 1.40. The van der Waals surface area contributed by atoms with Crippen LogP contribution in [0.1, 0.15) is 31.0 Å². The summed E-state index contributed by atoms with van der Waals surface area (Å²) in [5.41, 5.74) is 3.83. The smallest absolute Gasteiger partial charge is 0.119 e. The van der Waals surface area contributed by atoms with Gasteiger partial charge in [0.15, 0.2) is 0 Å². The van der Waals surface area contributed by atoms with E-state index in [4.69, 9.17) is 4.74 Å². The van der Waals surface area contributed by atoms with Crippen LogP contribution in [0.15, 0.2) is 18.2 Å². The number of nitrogens with one attached hydrogen (secondary N) is 2. The van der Waals surface area contributed by atoms with E-state index < -0.39 is 0 Å². The lowest BCUT2D eigenvalue weighted by molar-refractivity contribution is 0.415. The maximum Gasteiger partial charge on any atom is 0.119 e. The molecule has 1 aromatic carbocycles. The first-order valence-electron chi connectivity index (χ1n) is 6.00. The molecule has 0 aliphatic heterocycles. The fourth-order valence-electron chi connectivity index (χ4n) is 2.23. The van der Waals surface area contributed by atoms with Crippen LogP contribution in [0.5, 0.6) is 5.75 Å². The number of aromatic amines is 1. The van der Waals surface area contributed by atoms with Gasteiger partial charge in [0.05, 0.1) is 7.11 Å². The molecule has 3 heteroatoms. The Morgan fingerprint density at radius 2 is 2.12 bits per heavy atom. The molecule has 0 atom stereocenters. The molecule has 2 aromatic rings. The molecule has 92 valence electrons. The third-order valence-corrected chi connectivity index (χ3v) is 3.08. The summed E-state index contributed by atoms with van der Waals surface area (Å²) < 4.78 is 5.29. The van der Waals surface area contributed by atoms with Gasteiger partial charge in [-0.1, -0.05) is 13.8 Å². The molecule has 0 aliphatic rings. The first kappa shape index (κ1) is 12.0. The average molecular weight is 232 g/mol. The third kappa shape index (κ3) is 2.15. The predicted molar refractivity (Wildman–Crippen MR) is 71.7 cm³/mol. The van der Waals surface area contributed by atoms with Gasteiger partial charge in [0, 0.05) is 23.1 Å². The molecular formula is C14H20N2O. The van der Waals surface area contributed by atoms with E-state index in [1.54, 1.807) is 7.11 Å². The van der Waals surface area contributed by atoms with Crippen molar-refractivity contribution < 1.29 is 4.74 Å². The van der Waals surface area contributed by atoms with Crippen LogP contribution in [-0.4, -0.2) is 19.1 Å². The van der Waals surface area contributed by atoms with Crippen molar-refractivity contribution in [3.8, 4) is 5.75 Å². The third-order valence-electron chi connectivity index (χ3n) is 3.08. The van der Waals surface area contributed by atoms with E-state index in [0.717, 1.165) is 12.3 Å². The van der Waals surface area contributed by atoms with Gasteiger partial charge in [0.25, 0.3) is 0 Å². The molecule has 2 N–H and O–H groups in total. The topological polar surface area (TPSA) is 37.0 Å². The molecule has 3 nitrogen and oxygen atoms in total. The molecule has 0 bridgehead atoms.